The van der Waals surface area contributed by atoms with Gasteiger partial charge in [0, 0.05) is 26.7 Å². The highest BCUT2D eigenvalue weighted by molar-refractivity contribution is 5.86. The van der Waals surface area contributed by atoms with Crippen LogP contribution in [0, 0.1) is 0 Å². The van der Waals surface area contributed by atoms with E-state index in [1.165, 1.54) is 13.8 Å². The molecular formula is C14H27Cl3N8O4. The maximum absolute atomic E-state index is 10.5. The van der Waals surface area contributed by atoms with Gasteiger partial charge in [0.15, 0.2) is 11.6 Å². The van der Waals surface area contributed by atoms with Crippen LogP contribution in [0.3, 0.4) is 0 Å². The van der Waals surface area contributed by atoms with Crippen LogP contribution in [-0.2, 0) is 35.5 Å². The molecule has 0 fully saturated rings. The second kappa shape index (κ2) is 18.1. The number of rotatable bonds is 8. The summed E-state index contributed by atoms with van der Waals surface area (Å²) < 4.78 is 9.67. The van der Waals surface area contributed by atoms with Crippen molar-refractivity contribution in [3.63, 3.8) is 0 Å². The van der Waals surface area contributed by atoms with Gasteiger partial charge >= 0.3 is 0 Å². The standard InChI is InChI=1S/2C7H12N4O2.3ClH/c2*1-5(12)9-4-7-10-6(2-3-8)11-13-7;;;/h2*2-4,8H2,1H3,(H,9,12);3*1H. The summed E-state index contributed by atoms with van der Waals surface area (Å²) in [7, 11) is 0. The van der Waals surface area contributed by atoms with Crippen molar-refractivity contribution in [1.82, 2.24) is 30.9 Å². The van der Waals surface area contributed by atoms with Crippen molar-refractivity contribution in [3.8, 4) is 0 Å². The number of nitrogens with zero attached hydrogens (tertiary/aromatic N) is 4. The maximum atomic E-state index is 10.5. The number of nitrogens with one attached hydrogen (secondary N) is 2. The molecular weight excluding hydrogens is 451 g/mol. The van der Waals surface area contributed by atoms with Crippen molar-refractivity contribution in [2.24, 2.45) is 11.5 Å². The highest BCUT2D eigenvalue weighted by atomic mass is 35.5. The monoisotopic (exact) mass is 476 g/mol. The molecule has 2 rings (SSSR count). The van der Waals surface area contributed by atoms with Gasteiger partial charge in [-0.05, 0) is 13.1 Å². The molecule has 0 bridgehead atoms. The molecule has 12 nitrogen and oxygen atoms in total. The first-order valence-electron chi connectivity index (χ1n) is 7.96. The Bertz CT molecular complexity index is 640. The van der Waals surface area contributed by atoms with Crippen LogP contribution in [0.4, 0.5) is 0 Å². The first kappa shape index (κ1) is 31.7. The molecule has 6 N–H and O–H groups in total. The minimum Gasteiger partial charge on any atom is -0.347 e. The molecule has 2 amide bonds. The summed E-state index contributed by atoms with van der Waals surface area (Å²) in [5, 5.41) is 12.4. The number of hydrogen-bond donors (Lipinski definition) is 4. The lowest BCUT2D eigenvalue weighted by Crippen LogP contribution is -2.19. The summed E-state index contributed by atoms with van der Waals surface area (Å²) in [6.45, 7) is 4.37. The molecule has 0 atom stereocenters. The fourth-order valence-electron chi connectivity index (χ4n) is 1.59. The van der Waals surface area contributed by atoms with Crippen LogP contribution < -0.4 is 22.1 Å². The molecule has 0 spiro atoms. The Morgan fingerprint density at radius 3 is 1.41 bits per heavy atom. The van der Waals surface area contributed by atoms with Crippen molar-refractivity contribution >= 4 is 49.0 Å². The van der Waals surface area contributed by atoms with E-state index < -0.39 is 0 Å². The molecule has 2 aromatic rings. The number of halogens is 3. The van der Waals surface area contributed by atoms with E-state index in [9.17, 15) is 9.59 Å². The summed E-state index contributed by atoms with van der Waals surface area (Å²) in [6, 6.07) is 0. The van der Waals surface area contributed by atoms with Gasteiger partial charge in [-0.25, -0.2) is 0 Å². The van der Waals surface area contributed by atoms with Crippen molar-refractivity contribution in [3.05, 3.63) is 23.4 Å². The second-order valence-electron chi connectivity index (χ2n) is 5.11. The molecule has 29 heavy (non-hydrogen) atoms. The lowest BCUT2D eigenvalue weighted by atomic mass is 10.4. The summed E-state index contributed by atoms with van der Waals surface area (Å²) in [5.74, 6) is 1.69. The molecule has 2 aromatic heterocycles. The Labute approximate surface area is 186 Å². The van der Waals surface area contributed by atoms with E-state index in [-0.39, 0.29) is 62.1 Å². The molecule has 0 saturated carbocycles. The maximum Gasteiger partial charge on any atom is 0.246 e. The number of hydrogen-bond acceptors (Lipinski definition) is 10. The van der Waals surface area contributed by atoms with Crippen molar-refractivity contribution in [2.45, 2.75) is 39.8 Å². The average Bonchev–Trinajstić information content (AvgIpc) is 3.22. The smallest absolute Gasteiger partial charge is 0.246 e. The average molecular weight is 478 g/mol. The van der Waals surface area contributed by atoms with Gasteiger partial charge in [0.1, 0.15) is 0 Å². The van der Waals surface area contributed by atoms with Crippen LogP contribution in [0.5, 0.6) is 0 Å². The van der Waals surface area contributed by atoms with Gasteiger partial charge in [0.25, 0.3) is 0 Å². The topological polar surface area (TPSA) is 188 Å². The van der Waals surface area contributed by atoms with E-state index in [2.05, 4.69) is 30.9 Å². The summed E-state index contributed by atoms with van der Waals surface area (Å²) in [4.78, 5) is 29.1. The lowest BCUT2D eigenvalue weighted by molar-refractivity contribution is -0.120. The van der Waals surface area contributed by atoms with E-state index in [0.29, 0.717) is 49.4 Å². The SMILES string of the molecule is CC(=O)NCc1nc(CCN)no1.CC(=O)NCc1nc(CCN)no1.Cl.Cl.Cl. The molecule has 0 aromatic carbocycles. The zero-order valence-corrected chi connectivity index (χ0v) is 18.5. The van der Waals surface area contributed by atoms with E-state index in [1.54, 1.807) is 0 Å². The van der Waals surface area contributed by atoms with Crippen molar-refractivity contribution in [1.29, 1.82) is 0 Å². The number of carbonyl (C=O) groups excluding carboxylic acids is 2. The van der Waals surface area contributed by atoms with Gasteiger partial charge in [-0.1, -0.05) is 10.3 Å². The number of nitrogens with two attached hydrogens (primary N) is 2. The fourth-order valence-corrected chi connectivity index (χ4v) is 1.59. The lowest BCUT2D eigenvalue weighted by Gasteiger charge is -1.93. The first-order valence-corrected chi connectivity index (χ1v) is 7.96. The van der Waals surface area contributed by atoms with Gasteiger partial charge in [0.2, 0.25) is 23.6 Å². The van der Waals surface area contributed by atoms with Crippen LogP contribution in [0.15, 0.2) is 9.05 Å². The molecule has 0 aliphatic heterocycles. The van der Waals surface area contributed by atoms with Crippen LogP contribution in [0.2, 0.25) is 0 Å². The Morgan fingerprint density at radius 2 is 1.14 bits per heavy atom. The molecule has 168 valence electrons. The van der Waals surface area contributed by atoms with Gasteiger partial charge in [-0.2, -0.15) is 9.97 Å². The number of aromatic nitrogens is 4. The Hall–Kier alpha value is -1.99. The minimum atomic E-state index is -0.126. The van der Waals surface area contributed by atoms with Crippen LogP contribution in [0.25, 0.3) is 0 Å². The molecule has 2 heterocycles. The third-order valence-electron chi connectivity index (χ3n) is 2.73. The quantitative estimate of drug-likeness (QED) is 0.392. The summed E-state index contributed by atoms with van der Waals surface area (Å²) in [5.41, 5.74) is 10.6. The third-order valence-corrected chi connectivity index (χ3v) is 2.73. The van der Waals surface area contributed by atoms with Gasteiger partial charge < -0.3 is 31.1 Å². The van der Waals surface area contributed by atoms with Crippen molar-refractivity contribution < 1.29 is 18.6 Å². The highest BCUT2D eigenvalue weighted by Crippen LogP contribution is 1.97. The zero-order valence-electron chi connectivity index (χ0n) is 16.0. The predicted octanol–water partition coefficient (Wildman–Crippen LogP) is -0.321. The number of amides is 2. The highest BCUT2D eigenvalue weighted by Gasteiger charge is 2.05. The third kappa shape index (κ3) is 14.6. The molecule has 0 saturated heterocycles. The Morgan fingerprint density at radius 1 is 0.793 bits per heavy atom. The van der Waals surface area contributed by atoms with Gasteiger partial charge in [-0.3, -0.25) is 9.59 Å². The van der Waals surface area contributed by atoms with Crippen LogP contribution in [-0.4, -0.2) is 45.2 Å². The van der Waals surface area contributed by atoms with Gasteiger partial charge in [0.05, 0.1) is 13.1 Å². The van der Waals surface area contributed by atoms with E-state index in [1.807, 2.05) is 0 Å². The largest absolute Gasteiger partial charge is 0.347 e. The van der Waals surface area contributed by atoms with Crippen molar-refractivity contribution in [2.75, 3.05) is 13.1 Å². The predicted molar refractivity (Wildman–Crippen MR) is 111 cm³/mol. The molecule has 0 aliphatic rings. The molecule has 0 aliphatic carbocycles. The number of carbonyl (C=O) groups is 2. The molecule has 15 heteroatoms. The Balaban J connectivity index is -0.000000422. The minimum absolute atomic E-state index is 0. The second-order valence-corrected chi connectivity index (χ2v) is 5.11. The Kier molecular flexibility index (Phi) is 19.7. The first-order chi connectivity index (χ1) is 12.4. The zero-order chi connectivity index (χ0) is 19.4. The molecule has 0 radical (unpaired) electrons. The molecule has 0 unspecified atom stereocenters. The van der Waals surface area contributed by atoms with E-state index in [4.69, 9.17) is 20.5 Å². The fraction of sp³-hybridized carbons (Fsp3) is 0.571. The van der Waals surface area contributed by atoms with E-state index >= 15 is 0 Å². The van der Waals surface area contributed by atoms with Gasteiger partial charge in [-0.15, -0.1) is 37.2 Å². The van der Waals surface area contributed by atoms with E-state index in [0.717, 1.165) is 0 Å². The summed E-state index contributed by atoms with van der Waals surface area (Å²) in [6.07, 6.45) is 1.17. The van der Waals surface area contributed by atoms with Crippen LogP contribution in [0.1, 0.15) is 37.3 Å². The summed E-state index contributed by atoms with van der Waals surface area (Å²) >= 11 is 0. The normalized spacial score (nSPS) is 8.97. The van der Waals surface area contributed by atoms with Crippen LogP contribution >= 0.6 is 37.2 Å².